The Bertz CT molecular complexity index is 863. The summed E-state index contributed by atoms with van der Waals surface area (Å²) < 4.78 is 11.0. The fourth-order valence-corrected chi connectivity index (χ4v) is 3.36. The maximum Gasteiger partial charge on any atom is 0.261 e. The largest absolute Gasteiger partial charge is 0.493 e. The SMILES string of the molecule is COc1cc2c(cc1OCCN)N=C[C@@H]1Cc3ccccc3N1C2=O. The summed E-state index contributed by atoms with van der Waals surface area (Å²) >= 11 is 0. The summed E-state index contributed by atoms with van der Waals surface area (Å²) in [7, 11) is 1.55. The van der Waals surface area contributed by atoms with Gasteiger partial charge in [-0.3, -0.25) is 14.7 Å². The van der Waals surface area contributed by atoms with E-state index in [4.69, 9.17) is 15.2 Å². The highest BCUT2D eigenvalue weighted by Gasteiger charge is 2.36. The molecule has 0 aromatic heterocycles. The van der Waals surface area contributed by atoms with Gasteiger partial charge in [0.15, 0.2) is 11.5 Å². The lowest BCUT2D eigenvalue weighted by Gasteiger charge is -2.22. The molecular formula is C19H19N3O3. The Balaban J connectivity index is 1.79. The summed E-state index contributed by atoms with van der Waals surface area (Å²) in [6.07, 6.45) is 2.61. The third-order valence-corrected chi connectivity index (χ3v) is 4.50. The number of rotatable bonds is 4. The second-order valence-electron chi connectivity index (χ2n) is 6.01. The van der Waals surface area contributed by atoms with Gasteiger partial charge in [0.2, 0.25) is 0 Å². The van der Waals surface area contributed by atoms with E-state index in [1.54, 1.807) is 19.2 Å². The minimum absolute atomic E-state index is 0.0725. The molecular weight excluding hydrogens is 318 g/mol. The summed E-state index contributed by atoms with van der Waals surface area (Å²) in [6.45, 7) is 0.768. The molecule has 1 amide bonds. The highest BCUT2D eigenvalue weighted by molar-refractivity contribution is 6.14. The molecule has 0 radical (unpaired) electrons. The number of nitrogens with two attached hydrogens (primary N) is 1. The van der Waals surface area contributed by atoms with Crippen LogP contribution in [0, 0.1) is 0 Å². The van der Waals surface area contributed by atoms with Crippen molar-refractivity contribution >= 4 is 23.5 Å². The summed E-state index contributed by atoms with van der Waals surface area (Å²) in [6, 6.07) is 11.3. The van der Waals surface area contributed by atoms with E-state index in [2.05, 4.69) is 11.1 Å². The second-order valence-corrected chi connectivity index (χ2v) is 6.01. The lowest BCUT2D eigenvalue weighted by molar-refractivity contribution is 0.0986. The molecule has 2 N–H and O–H groups in total. The predicted octanol–water partition coefficient (Wildman–Crippen LogP) is 2.32. The zero-order valence-electron chi connectivity index (χ0n) is 13.9. The number of nitrogens with zero attached hydrogens (tertiary/aromatic N) is 2. The Labute approximate surface area is 145 Å². The number of para-hydroxylation sites is 1. The summed E-state index contributed by atoms with van der Waals surface area (Å²) in [4.78, 5) is 19.6. The Kier molecular flexibility index (Phi) is 3.89. The normalized spacial score (nSPS) is 17.6. The molecule has 0 bridgehead atoms. The average molecular weight is 337 g/mol. The van der Waals surface area contributed by atoms with Crippen LogP contribution < -0.4 is 20.1 Å². The number of carbonyl (C=O) groups is 1. The highest BCUT2D eigenvalue weighted by Crippen LogP contribution is 2.40. The molecule has 2 aliphatic heterocycles. The number of hydrogen-bond donors (Lipinski definition) is 1. The number of anilines is 1. The molecule has 2 aromatic rings. The van der Waals surface area contributed by atoms with Crippen LogP contribution in [0.25, 0.3) is 0 Å². The van der Waals surface area contributed by atoms with Crippen LogP contribution in [-0.2, 0) is 6.42 Å². The van der Waals surface area contributed by atoms with Gasteiger partial charge in [-0.05, 0) is 17.7 Å². The van der Waals surface area contributed by atoms with E-state index in [-0.39, 0.29) is 11.9 Å². The number of hydrogen-bond acceptors (Lipinski definition) is 5. The molecule has 0 aliphatic carbocycles. The van der Waals surface area contributed by atoms with E-state index >= 15 is 0 Å². The van der Waals surface area contributed by atoms with E-state index < -0.39 is 0 Å². The van der Waals surface area contributed by atoms with Gasteiger partial charge in [-0.25, -0.2) is 0 Å². The number of ether oxygens (including phenoxy) is 2. The Morgan fingerprint density at radius 1 is 1.28 bits per heavy atom. The van der Waals surface area contributed by atoms with Gasteiger partial charge in [0, 0.05) is 30.9 Å². The van der Waals surface area contributed by atoms with Crippen LogP contribution in [0.15, 0.2) is 41.4 Å². The first-order valence-electron chi connectivity index (χ1n) is 8.23. The van der Waals surface area contributed by atoms with Crippen LogP contribution >= 0.6 is 0 Å². The zero-order valence-corrected chi connectivity index (χ0v) is 13.9. The average Bonchev–Trinajstić information content (AvgIpc) is 2.96. The predicted molar refractivity (Wildman–Crippen MR) is 96.4 cm³/mol. The standard InChI is InChI=1S/C19H19N3O3/c1-24-17-9-14-15(10-18(17)25-7-6-20)21-11-13-8-12-4-2-3-5-16(12)22(13)19(14)23/h2-5,9-11,13H,6-8,20H2,1H3/t13-/m0/s1. The maximum absolute atomic E-state index is 13.2. The van der Waals surface area contributed by atoms with Gasteiger partial charge >= 0.3 is 0 Å². The monoisotopic (exact) mass is 337 g/mol. The first kappa shape index (κ1) is 15.7. The van der Waals surface area contributed by atoms with Crippen LogP contribution in [0.3, 0.4) is 0 Å². The van der Waals surface area contributed by atoms with Crippen molar-refractivity contribution in [2.75, 3.05) is 25.2 Å². The molecule has 25 heavy (non-hydrogen) atoms. The van der Waals surface area contributed by atoms with Crippen molar-refractivity contribution < 1.29 is 14.3 Å². The van der Waals surface area contributed by atoms with E-state index in [1.165, 1.54) is 0 Å². The molecule has 0 saturated carbocycles. The number of amides is 1. The third-order valence-electron chi connectivity index (χ3n) is 4.50. The molecule has 0 saturated heterocycles. The number of carbonyl (C=O) groups excluding carboxylic acids is 1. The minimum atomic E-state index is -0.0777. The van der Waals surface area contributed by atoms with Gasteiger partial charge in [-0.2, -0.15) is 0 Å². The lowest BCUT2D eigenvalue weighted by atomic mass is 10.1. The van der Waals surface area contributed by atoms with Gasteiger partial charge in [0.05, 0.1) is 24.4 Å². The zero-order chi connectivity index (χ0) is 17.4. The van der Waals surface area contributed by atoms with Crippen molar-refractivity contribution in [3.8, 4) is 11.5 Å². The smallest absolute Gasteiger partial charge is 0.261 e. The Morgan fingerprint density at radius 3 is 2.92 bits per heavy atom. The maximum atomic E-state index is 13.2. The van der Waals surface area contributed by atoms with Gasteiger partial charge in [0.1, 0.15) is 6.61 Å². The molecule has 1 atom stereocenters. The number of benzene rings is 2. The molecule has 2 heterocycles. The highest BCUT2D eigenvalue weighted by atomic mass is 16.5. The van der Waals surface area contributed by atoms with E-state index in [9.17, 15) is 4.79 Å². The van der Waals surface area contributed by atoms with Gasteiger partial charge in [-0.1, -0.05) is 18.2 Å². The van der Waals surface area contributed by atoms with Crippen LogP contribution in [0.4, 0.5) is 11.4 Å². The first-order chi connectivity index (χ1) is 12.2. The van der Waals surface area contributed by atoms with Gasteiger partial charge in [0.25, 0.3) is 5.91 Å². The molecule has 6 nitrogen and oxygen atoms in total. The third kappa shape index (κ3) is 2.55. The summed E-state index contributed by atoms with van der Waals surface area (Å²) in [5, 5.41) is 0. The Hall–Kier alpha value is -2.86. The van der Waals surface area contributed by atoms with Crippen molar-refractivity contribution in [2.45, 2.75) is 12.5 Å². The lowest BCUT2D eigenvalue weighted by Crippen LogP contribution is -2.37. The van der Waals surface area contributed by atoms with Crippen LogP contribution in [0.5, 0.6) is 11.5 Å². The van der Waals surface area contributed by atoms with Crippen molar-refractivity contribution in [3.05, 3.63) is 47.5 Å². The number of aliphatic imine (C=N–C) groups is 1. The van der Waals surface area contributed by atoms with Gasteiger partial charge in [-0.15, -0.1) is 0 Å². The van der Waals surface area contributed by atoms with Gasteiger partial charge < -0.3 is 15.2 Å². The number of fused-ring (bicyclic) bond motifs is 4. The molecule has 4 rings (SSSR count). The number of methoxy groups -OCH3 is 1. The van der Waals surface area contributed by atoms with Crippen molar-refractivity contribution in [3.63, 3.8) is 0 Å². The summed E-state index contributed by atoms with van der Waals surface area (Å²) in [5.41, 5.74) is 8.70. The molecule has 6 heteroatoms. The molecule has 128 valence electrons. The van der Waals surface area contributed by atoms with E-state index in [0.29, 0.717) is 35.9 Å². The Morgan fingerprint density at radius 2 is 2.12 bits per heavy atom. The van der Waals surface area contributed by atoms with Crippen LogP contribution in [0.1, 0.15) is 15.9 Å². The van der Waals surface area contributed by atoms with Crippen LogP contribution in [0.2, 0.25) is 0 Å². The van der Waals surface area contributed by atoms with Crippen molar-refractivity contribution in [1.29, 1.82) is 0 Å². The fraction of sp³-hybridized carbons (Fsp3) is 0.263. The molecule has 0 fully saturated rings. The topological polar surface area (TPSA) is 77.2 Å². The first-order valence-corrected chi connectivity index (χ1v) is 8.23. The van der Waals surface area contributed by atoms with E-state index in [0.717, 1.165) is 17.7 Å². The van der Waals surface area contributed by atoms with Crippen LogP contribution in [-0.4, -0.2) is 38.4 Å². The second kappa shape index (κ2) is 6.22. The quantitative estimate of drug-likeness (QED) is 0.929. The molecule has 0 spiro atoms. The fourth-order valence-electron chi connectivity index (χ4n) is 3.36. The van der Waals surface area contributed by atoms with Crippen molar-refractivity contribution in [2.24, 2.45) is 10.7 Å². The molecule has 2 aromatic carbocycles. The minimum Gasteiger partial charge on any atom is -0.493 e. The molecule has 2 aliphatic rings. The van der Waals surface area contributed by atoms with E-state index in [1.807, 2.05) is 29.3 Å². The summed E-state index contributed by atoms with van der Waals surface area (Å²) in [5.74, 6) is 0.965. The molecule has 0 unspecified atom stereocenters. The van der Waals surface area contributed by atoms with Crippen molar-refractivity contribution in [1.82, 2.24) is 0 Å².